The van der Waals surface area contributed by atoms with Crippen LogP contribution in [0.1, 0.15) is 120 Å². The second kappa shape index (κ2) is 23.9. The lowest BCUT2D eigenvalue weighted by molar-refractivity contribution is -0.373. The van der Waals surface area contributed by atoms with E-state index in [4.69, 9.17) is 61.6 Å². The molecule has 0 aromatic rings. The number of aliphatic hydroxyl groups excluding tert-OH is 5. The summed E-state index contributed by atoms with van der Waals surface area (Å²) in [7, 11) is 4.52. The molecule has 8 aliphatic rings. The number of rotatable bonds is 16. The summed E-state index contributed by atoms with van der Waals surface area (Å²) in [4.78, 5) is 25.7. The predicted octanol–water partition coefficient (Wildman–Crippen LogP) is 2.00. The second-order valence-electron chi connectivity index (χ2n) is 23.5. The van der Waals surface area contributed by atoms with Crippen LogP contribution in [0, 0.1) is 22.7 Å². The average Bonchev–Trinajstić information content (AvgIpc) is 3.90. The summed E-state index contributed by atoms with van der Waals surface area (Å²) < 4.78 is 80.1. The molecule has 27 unspecified atom stereocenters. The van der Waals surface area contributed by atoms with Gasteiger partial charge in [0.2, 0.25) is 0 Å². The van der Waals surface area contributed by atoms with Gasteiger partial charge in [-0.2, -0.15) is 0 Å². The Morgan fingerprint density at radius 3 is 1.94 bits per heavy atom. The second-order valence-corrected chi connectivity index (χ2v) is 23.5. The summed E-state index contributed by atoms with van der Waals surface area (Å²) in [5.74, 6) is -1.78. The monoisotopic (exact) mass is 1100 g/mol. The minimum atomic E-state index is -1.68. The molecule has 3 saturated carbocycles. The van der Waals surface area contributed by atoms with Gasteiger partial charge in [0.15, 0.2) is 25.2 Å². The average molecular weight is 1100 g/mol. The number of carbonyl (C=O) groups is 2. The quantitative estimate of drug-likeness (QED) is 0.0661. The van der Waals surface area contributed by atoms with Crippen LogP contribution in [0.3, 0.4) is 0 Å². The number of esters is 2. The van der Waals surface area contributed by atoms with Gasteiger partial charge in [0.1, 0.15) is 78.3 Å². The number of carbonyl (C=O) groups excluding carboxylic acids is 2. The van der Waals surface area contributed by atoms with Crippen molar-refractivity contribution in [2.45, 2.75) is 260 Å². The third-order valence-electron chi connectivity index (χ3n) is 19.4. The summed E-state index contributed by atoms with van der Waals surface area (Å²) in [6, 6.07) is 0. The Hall–Kier alpha value is -2.30. The third kappa shape index (κ3) is 11.0. The fourth-order valence-corrected chi connectivity index (χ4v) is 14.8. The Morgan fingerprint density at radius 1 is 0.740 bits per heavy atom. The maximum Gasteiger partial charge on any atom is 0.333 e. The van der Waals surface area contributed by atoms with Crippen LogP contribution in [0.4, 0.5) is 0 Å². The lowest BCUT2D eigenvalue weighted by Gasteiger charge is -2.66. The van der Waals surface area contributed by atoms with Crippen molar-refractivity contribution in [3.05, 3.63) is 23.3 Å². The minimum Gasteiger partial charge on any atom is -0.463 e. The molecule has 0 radical (unpaired) electrons. The highest BCUT2D eigenvalue weighted by atomic mass is 16.8. The van der Waals surface area contributed by atoms with E-state index in [1.54, 1.807) is 40.9 Å². The van der Waals surface area contributed by atoms with Gasteiger partial charge in [-0.1, -0.05) is 31.6 Å². The van der Waals surface area contributed by atoms with Crippen LogP contribution in [-0.4, -0.2) is 216 Å². The van der Waals surface area contributed by atoms with Gasteiger partial charge in [-0.05, 0) is 91.9 Å². The van der Waals surface area contributed by atoms with Crippen LogP contribution in [-0.2, 0) is 71.2 Å². The van der Waals surface area contributed by atoms with E-state index in [1.165, 1.54) is 21.1 Å². The van der Waals surface area contributed by atoms with E-state index < -0.39 is 169 Å². The van der Waals surface area contributed by atoms with E-state index in [2.05, 4.69) is 13.0 Å². The van der Waals surface area contributed by atoms with Crippen molar-refractivity contribution in [1.82, 2.24) is 0 Å². The summed E-state index contributed by atoms with van der Waals surface area (Å²) >= 11 is 0. The topological polar surface area (TPSA) is 296 Å². The van der Waals surface area contributed by atoms with E-state index in [0.29, 0.717) is 44.1 Å². The molecule has 0 aromatic carbocycles. The molecule has 0 amide bonds. The Bertz CT molecular complexity index is 2110. The van der Waals surface area contributed by atoms with Crippen LogP contribution in [0.15, 0.2) is 23.3 Å². The highest BCUT2D eigenvalue weighted by Crippen LogP contribution is 2.70. The van der Waals surface area contributed by atoms with Crippen LogP contribution >= 0.6 is 0 Å². The first-order valence-corrected chi connectivity index (χ1v) is 27.6. The molecular weight excluding hydrogens is 1010 g/mol. The molecule has 4 aliphatic carbocycles. The fraction of sp³-hybridized carbons (Fsp3) is 0.891. The zero-order valence-corrected chi connectivity index (χ0v) is 46.8. The van der Waals surface area contributed by atoms with Gasteiger partial charge in [-0.3, -0.25) is 4.79 Å². The zero-order valence-electron chi connectivity index (χ0n) is 46.8. The van der Waals surface area contributed by atoms with Crippen LogP contribution < -0.4 is 0 Å². The largest absolute Gasteiger partial charge is 0.463 e. The molecule has 7 fully saturated rings. The molecule has 22 nitrogen and oxygen atoms in total. The SMILES string of the molecule is CC=C(C)C(=O)OC1CC2C3(C)CCC(OC4CC(OC)C(OC5CC(OC)C(OC6OC(C)C(OC7OC(CO)C(O)C(O)C7O)C(OC)C6O)C(C)O5)C(C)O4)CC3=CCC2(O)C2(O)CCC(C(C)OC(C)=O)C12C. The maximum absolute atomic E-state index is 13.5. The van der Waals surface area contributed by atoms with Crippen molar-refractivity contribution >= 4 is 11.9 Å². The van der Waals surface area contributed by atoms with Crippen molar-refractivity contribution in [3.8, 4) is 0 Å². The molecule has 27 atom stereocenters. The molecule has 0 bridgehead atoms. The number of aliphatic hydroxyl groups is 7. The van der Waals surface area contributed by atoms with Crippen LogP contribution in [0.2, 0.25) is 0 Å². The van der Waals surface area contributed by atoms with E-state index in [0.717, 1.165) is 5.57 Å². The third-order valence-corrected chi connectivity index (χ3v) is 19.4. The Labute approximate surface area is 451 Å². The molecule has 0 spiro atoms. The first kappa shape index (κ1) is 60.8. The number of methoxy groups -OCH3 is 3. The van der Waals surface area contributed by atoms with Crippen molar-refractivity contribution in [2.75, 3.05) is 27.9 Å². The lowest BCUT2D eigenvalue weighted by atomic mass is 9.42. The Morgan fingerprint density at radius 2 is 1.34 bits per heavy atom. The summed E-state index contributed by atoms with van der Waals surface area (Å²) in [6.45, 7) is 15.4. The summed E-state index contributed by atoms with van der Waals surface area (Å²) in [5.41, 5.74) is -3.36. The smallest absolute Gasteiger partial charge is 0.333 e. The van der Waals surface area contributed by atoms with Gasteiger partial charge >= 0.3 is 11.9 Å². The Balaban J connectivity index is 0.884. The molecule has 440 valence electrons. The van der Waals surface area contributed by atoms with E-state index in [-0.39, 0.29) is 31.3 Å². The molecule has 77 heavy (non-hydrogen) atoms. The fourth-order valence-electron chi connectivity index (χ4n) is 14.8. The van der Waals surface area contributed by atoms with Gasteiger partial charge in [-0.25, -0.2) is 4.79 Å². The normalized spacial score (nSPS) is 49.6. The number of hydrogen-bond donors (Lipinski definition) is 7. The summed E-state index contributed by atoms with van der Waals surface area (Å²) in [5, 5.41) is 78.5. The first-order valence-electron chi connectivity index (χ1n) is 27.6. The maximum atomic E-state index is 13.5. The van der Waals surface area contributed by atoms with E-state index in [1.807, 2.05) is 20.8 Å². The standard InChI is InChI=1S/C55H88O22/c1-13-25(2)49(62)74-38-23-37-52(8)17-15-32(20-31(52)14-18-54(37,63)55(64)19-16-33(53(38,55)9)26(3)68-30(7)57)72-39-21-34(65-10)45(27(4)69-39)75-40-22-35(66-11)46(28(5)70-40)76-51-44(61)48(67-12)47(29(6)71-51)77-50-43(60)42(59)41(58)36(24-56)73-50/h13-14,26-29,32-48,50-51,56,58-61,63-64H,15-24H2,1-12H3. The van der Waals surface area contributed by atoms with Crippen LogP contribution in [0.5, 0.6) is 0 Å². The van der Waals surface area contributed by atoms with E-state index in [9.17, 15) is 45.3 Å². The highest BCUT2D eigenvalue weighted by Gasteiger charge is 2.77. The van der Waals surface area contributed by atoms with Gasteiger partial charge in [0, 0.05) is 63.9 Å². The number of allylic oxidation sites excluding steroid dienone is 1. The lowest BCUT2D eigenvalue weighted by Crippen LogP contribution is -2.75. The highest BCUT2D eigenvalue weighted by molar-refractivity contribution is 5.87. The molecule has 0 aromatic heterocycles. The molecule has 7 N–H and O–H groups in total. The van der Waals surface area contributed by atoms with E-state index >= 15 is 0 Å². The van der Waals surface area contributed by atoms with Crippen molar-refractivity contribution in [1.29, 1.82) is 0 Å². The van der Waals surface area contributed by atoms with Crippen molar-refractivity contribution in [3.63, 3.8) is 0 Å². The molecule has 4 aliphatic heterocycles. The van der Waals surface area contributed by atoms with Gasteiger partial charge in [0.05, 0.1) is 43.2 Å². The number of hydrogen-bond acceptors (Lipinski definition) is 22. The van der Waals surface area contributed by atoms with Crippen molar-refractivity contribution < 1.29 is 107 Å². The predicted molar refractivity (Wildman–Crippen MR) is 268 cm³/mol. The molecule has 4 saturated heterocycles. The number of ether oxygens (including phenoxy) is 13. The molecule has 4 heterocycles. The number of fused-ring (bicyclic) bond motifs is 5. The molecular formula is C55H88O22. The molecule has 22 heteroatoms. The Kier molecular flexibility index (Phi) is 18.9. The minimum absolute atomic E-state index is 0.196. The first-order chi connectivity index (χ1) is 36.3. The van der Waals surface area contributed by atoms with Crippen molar-refractivity contribution in [2.24, 2.45) is 22.7 Å². The molecule has 8 rings (SSSR count). The zero-order chi connectivity index (χ0) is 56.3. The van der Waals surface area contributed by atoms with Gasteiger partial charge in [-0.15, -0.1) is 0 Å². The van der Waals surface area contributed by atoms with Gasteiger partial charge < -0.3 is 97.3 Å². The summed E-state index contributed by atoms with van der Waals surface area (Å²) in [6.07, 6.45) is -12.3. The van der Waals surface area contributed by atoms with Crippen LogP contribution in [0.25, 0.3) is 0 Å². The van der Waals surface area contributed by atoms with Gasteiger partial charge in [0.25, 0.3) is 0 Å².